The summed E-state index contributed by atoms with van der Waals surface area (Å²) in [5.74, 6) is -0.0333. The molecule has 1 amide bonds. The van der Waals surface area contributed by atoms with E-state index in [-0.39, 0.29) is 6.42 Å². The minimum absolute atomic E-state index is 0.287. The van der Waals surface area contributed by atoms with Crippen LogP contribution >= 0.6 is 11.6 Å². The number of hydrogen-bond donors (Lipinski definition) is 1. The number of carbonyl (C=O) groups excluding carboxylic acids is 1. The topological polar surface area (TPSA) is 75.7 Å². The van der Waals surface area contributed by atoms with E-state index in [9.17, 15) is 13.2 Å². The van der Waals surface area contributed by atoms with E-state index in [2.05, 4.69) is 5.32 Å². The Balaban J connectivity index is 2.42. The van der Waals surface area contributed by atoms with Crippen LogP contribution in [0.15, 0.2) is 42.5 Å². The Morgan fingerprint density at radius 3 is 2.52 bits per heavy atom. The first kappa shape index (κ1) is 21.1. The van der Waals surface area contributed by atoms with Gasteiger partial charge in [-0.25, -0.2) is 8.42 Å². The van der Waals surface area contributed by atoms with Gasteiger partial charge in [-0.15, -0.1) is 0 Å². The zero-order valence-corrected chi connectivity index (χ0v) is 17.3. The monoisotopic (exact) mass is 410 g/mol. The van der Waals surface area contributed by atoms with E-state index in [1.165, 1.54) is 7.11 Å². The van der Waals surface area contributed by atoms with Crippen molar-refractivity contribution in [2.24, 2.45) is 0 Å². The number of nitrogens with zero attached hydrogens (tertiary/aromatic N) is 1. The Hall–Kier alpha value is -2.25. The number of sulfonamides is 1. The lowest BCUT2D eigenvalue weighted by Crippen LogP contribution is -2.47. The van der Waals surface area contributed by atoms with Crippen molar-refractivity contribution in [2.45, 2.75) is 26.3 Å². The molecule has 146 valence electrons. The second-order valence-electron chi connectivity index (χ2n) is 6.16. The van der Waals surface area contributed by atoms with Crippen LogP contribution < -0.4 is 14.4 Å². The van der Waals surface area contributed by atoms with Crippen molar-refractivity contribution in [1.29, 1.82) is 0 Å². The number of rotatable bonds is 7. The molecule has 2 aromatic rings. The summed E-state index contributed by atoms with van der Waals surface area (Å²) >= 11 is 6.01. The Kier molecular flexibility index (Phi) is 6.73. The van der Waals surface area contributed by atoms with E-state index in [0.717, 1.165) is 16.1 Å². The number of hydrogen-bond acceptors (Lipinski definition) is 4. The maximum Gasteiger partial charge on any atom is 0.248 e. The van der Waals surface area contributed by atoms with Gasteiger partial charge in [-0.1, -0.05) is 30.7 Å². The van der Waals surface area contributed by atoms with E-state index < -0.39 is 22.0 Å². The lowest BCUT2D eigenvalue weighted by molar-refractivity contribution is -0.117. The SMILES string of the molecule is CC[C@H](C(=O)Nc1cc(Cl)ccc1OC)N(c1cccc(C)c1)S(C)(=O)=O. The highest BCUT2D eigenvalue weighted by atomic mass is 35.5. The van der Waals surface area contributed by atoms with Crippen molar-refractivity contribution in [3.63, 3.8) is 0 Å². The molecule has 0 aliphatic heterocycles. The summed E-state index contributed by atoms with van der Waals surface area (Å²) in [7, 11) is -2.21. The van der Waals surface area contributed by atoms with Gasteiger partial charge in [0.15, 0.2) is 0 Å². The van der Waals surface area contributed by atoms with Gasteiger partial charge in [0.05, 0.1) is 24.7 Å². The van der Waals surface area contributed by atoms with Gasteiger partial charge < -0.3 is 10.1 Å². The third-order valence-corrected chi connectivity index (χ3v) is 5.42. The van der Waals surface area contributed by atoms with Crippen LogP contribution in [0.5, 0.6) is 5.75 Å². The lowest BCUT2D eigenvalue weighted by atomic mass is 10.1. The molecule has 8 heteroatoms. The van der Waals surface area contributed by atoms with E-state index in [4.69, 9.17) is 16.3 Å². The van der Waals surface area contributed by atoms with Crippen LogP contribution in [0.3, 0.4) is 0 Å². The summed E-state index contributed by atoms with van der Waals surface area (Å²) in [4.78, 5) is 13.0. The minimum atomic E-state index is -3.69. The standard InChI is InChI=1S/C19H23ClN2O4S/c1-5-17(19(23)21-16-12-14(20)9-10-18(16)26-3)22(27(4,24)25)15-8-6-7-13(2)11-15/h6-12,17H,5H2,1-4H3,(H,21,23)/t17-/m1/s1. The predicted octanol–water partition coefficient (Wildman–Crippen LogP) is 3.84. The van der Waals surface area contributed by atoms with Gasteiger partial charge in [-0.05, 0) is 49.2 Å². The van der Waals surface area contributed by atoms with Crippen LogP contribution in [0.25, 0.3) is 0 Å². The van der Waals surface area contributed by atoms with Crippen molar-refractivity contribution in [3.8, 4) is 5.75 Å². The molecule has 0 heterocycles. The molecular weight excluding hydrogens is 388 g/mol. The van der Waals surface area contributed by atoms with E-state index in [0.29, 0.717) is 22.1 Å². The molecular formula is C19H23ClN2O4S. The van der Waals surface area contributed by atoms with Crippen LogP contribution in [-0.2, 0) is 14.8 Å². The molecule has 0 bridgehead atoms. The number of aryl methyl sites for hydroxylation is 1. The number of benzene rings is 2. The average molecular weight is 411 g/mol. The number of amides is 1. The molecule has 0 fully saturated rings. The van der Waals surface area contributed by atoms with Crippen LogP contribution in [0.4, 0.5) is 11.4 Å². The van der Waals surface area contributed by atoms with E-state index in [1.54, 1.807) is 43.3 Å². The molecule has 0 saturated carbocycles. The average Bonchev–Trinajstić information content (AvgIpc) is 2.58. The Labute approximate surface area is 165 Å². The molecule has 0 aromatic heterocycles. The van der Waals surface area contributed by atoms with Crippen molar-refractivity contribution in [1.82, 2.24) is 0 Å². The highest BCUT2D eigenvalue weighted by Gasteiger charge is 2.32. The van der Waals surface area contributed by atoms with Gasteiger partial charge in [-0.3, -0.25) is 9.10 Å². The predicted molar refractivity (Wildman–Crippen MR) is 109 cm³/mol. The summed E-state index contributed by atoms with van der Waals surface area (Å²) in [6.45, 7) is 3.62. The van der Waals surface area contributed by atoms with E-state index >= 15 is 0 Å². The zero-order chi connectivity index (χ0) is 20.2. The smallest absolute Gasteiger partial charge is 0.248 e. The molecule has 0 spiro atoms. The van der Waals surface area contributed by atoms with Crippen LogP contribution in [-0.4, -0.2) is 33.7 Å². The third-order valence-electron chi connectivity index (χ3n) is 4.01. The highest BCUT2D eigenvalue weighted by Crippen LogP contribution is 2.29. The zero-order valence-electron chi connectivity index (χ0n) is 15.7. The maximum absolute atomic E-state index is 13.0. The normalized spacial score (nSPS) is 12.3. The molecule has 1 N–H and O–H groups in total. The Bertz CT molecular complexity index is 931. The Morgan fingerprint density at radius 1 is 1.26 bits per heavy atom. The van der Waals surface area contributed by atoms with Gasteiger partial charge >= 0.3 is 0 Å². The lowest BCUT2D eigenvalue weighted by Gasteiger charge is -2.30. The summed E-state index contributed by atoms with van der Waals surface area (Å²) in [6, 6.07) is 10.9. The van der Waals surface area contributed by atoms with Crippen molar-refractivity contribution in [3.05, 3.63) is 53.1 Å². The highest BCUT2D eigenvalue weighted by molar-refractivity contribution is 7.92. The molecule has 1 atom stereocenters. The van der Waals surface area contributed by atoms with Gasteiger partial charge in [-0.2, -0.15) is 0 Å². The van der Waals surface area contributed by atoms with Crippen LogP contribution in [0, 0.1) is 6.92 Å². The van der Waals surface area contributed by atoms with Crippen molar-refractivity contribution in [2.75, 3.05) is 23.0 Å². The fraction of sp³-hybridized carbons (Fsp3) is 0.316. The molecule has 0 saturated heterocycles. The molecule has 0 radical (unpaired) electrons. The van der Waals surface area contributed by atoms with Gasteiger partial charge in [0.1, 0.15) is 11.8 Å². The molecule has 27 heavy (non-hydrogen) atoms. The van der Waals surface area contributed by atoms with Crippen molar-refractivity contribution >= 4 is 38.9 Å². The number of nitrogens with one attached hydrogen (secondary N) is 1. The summed E-state index contributed by atoms with van der Waals surface area (Å²) in [5.41, 5.74) is 1.72. The Morgan fingerprint density at radius 2 is 1.96 bits per heavy atom. The number of anilines is 2. The molecule has 2 rings (SSSR count). The number of methoxy groups -OCH3 is 1. The first-order valence-electron chi connectivity index (χ1n) is 8.37. The minimum Gasteiger partial charge on any atom is -0.495 e. The van der Waals surface area contributed by atoms with Crippen LogP contribution in [0.1, 0.15) is 18.9 Å². The summed E-state index contributed by atoms with van der Waals surface area (Å²) in [6.07, 6.45) is 1.38. The third kappa shape index (κ3) is 5.14. The first-order valence-corrected chi connectivity index (χ1v) is 10.6. The van der Waals surface area contributed by atoms with Gasteiger partial charge in [0, 0.05) is 5.02 Å². The number of halogens is 1. The molecule has 0 unspecified atom stereocenters. The quantitative estimate of drug-likeness (QED) is 0.752. The molecule has 6 nitrogen and oxygen atoms in total. The molecule has 0 aliphatic rings. The molecule has 2 aromatic carbocycles. The van der Waals surface area contributed by atoms with E-state index in [1.807, 2.05) is 13.0 Å². The second kappa shape index (κ2) is 8.63. The fourth-order valence-electron chi connectivity index (χ4n) is 2.82. The maximum atomic E-state index is 13.0. The largest absolute Gasteiger partial charge is 0.495 e. The number of ether oxygens (including phenoxy) is 1. The van der Waals surface area contributed by atoms with Crippen LogP contribution in [0.2, 0.25) is 5.02 Å². The summed E-state index contributed by atoms with van der Waals surface area (Å²) < 4.78 is 31.3. The van der Waals surface area contributed by atoms with Crippen molar-refractivity contribution < 1.29 is 17.9 Å². The summed E-state index contributed by atoms with van der Waals surface area (Å²) in [5, 5.41) is 3.16. The molecule has 0 aliphatic carbocycles. The van der Waals surface area contributed by atoms with Gasteiger partial charge in [0.25, 0.3) is 0 Å². The fourth-order valence-corrected chi connectivity index (χ4v) is 4.19. The number of carbonyl (C=O) groups is 1. The van der Waals surface area contributed by atoms with Gasteiger partial charge in [0.2, 0.25) is 15.9 Å². The second-order valence-corrected chi connectivity index (χ2v) is 8.45. The first-order chi connectivity index (χ1) is 12.7.